The third kappa shape index (κ3) is 4.50. The van der Waals surface area contributed by atoms with Gasteiger partial charge in [-0.1, -0.05) is 6.08 Å². The van der Waals surface area contributed by atoms with Crippen molar-refractivity contribution >= 4 is 11.9 Å². The van der Waals surface area contributed by atoms with E-state index in [0.717, 1.165) is 5.06 Å². The molecule has 0 aliphatic heterocycles. The van der Waals surface area contributed by atoms with E-state index in [4.69, 9.17) is 9.57 Å². The molecule has 0 atom stereocenters. The molecule has 1 rings (SSSR count). The number of anilines is 1. The average molecular weight is 251 g/mol. The van der Waals surface area contributed by atoms with Crippen molar-refractivity contribution in [3.63, 3.8) is 0 Å². The summed E-state index contributed by atoms with van der Waals surface area (Å²) < 4.78 is 5.21. The molecule has 0 aliphatic rings. The molecule has 6 nitrogen and oxygen atoms in total. The molecule has 18 heavy (non-hydrogen) atoms. The molecule has 6 heteroatoms. The molecule has 98 valence electrons. The van der Waals surface area contributed by atoms with Crippen molar-refractivity contribution in [3.8, 4) is 0 Å². The minimum absolute atomic E-state index is 0.163. The van der Waals surface area contributed by atoms with E-state index in [-0.39, 0.29) is 12.4 Å². The van der Waals surface area contributed by atoms with E-state index < -0.39 is 11.7 Å². The fraction of sp³-hybridized carbons (Fsp3) is 0.417. The van der Waals surface area contributed by atoms with Gasteiger partial charge in [0.05, 0.1) is 12.8 Å². The summed E-state index contributed by atoms with van der Waals surface area (Å²) in [5.74, 6) is 0.258. The van der Waals surface area contributed by atoms with Crippen molar-refractivity contribution in [2.24, 2.45) is 0 Å². The summed E-state index contributed by atoms with van der Waals surface area (Å²) in [6, 6.07) is 0. The van der Waals surface area contributed by atoms with Gasteiger partial charge in [-0.25, -0.2) is 9.78 Å². The van der Waals surface area contributed by atoms with Gasteiger partial charge in [-0.3, -0.25) is 9.82 Å². The molecule has 1 aromatic rings. The number of hydrogen-bond acceptors (Lipinski definition) is 5. The lowest BCUT2D eigenvalue weighted by Crippen LogP contribution is -2.37. The lowest BCUT2D eigenvalue weighted by molar-refractivity contribution is 0.0271. The second-order valence-corrected chi connectivity index (χ2v) is 4.42. The maximum Gasteiger partial charge on any atom is 0.440 e. The second kappa shape index (κ2) is 6.11. The van der Waals surface area contributed by atoms with E-state index in [9.17, 15) is 4.79 Å². The summed E-state index contributed by atoms with van der Waals surface area (Å²) in [6.07, 6.45) is 5.25. The van der Waals surface area contributed by atoms with Gasteiger partial charge in [0.25, 0.3) is 0 Å². The Kier molecular flexibility index (Phi) is 4.79. The Morgan fingerprint density at radius 3 is 2.72 bits per heavy atom. The Labute approximate surface area is 106 Å². The van der Waals surface area contributed by atoms with E-state index in [1.165, 1.54) is 24.7 Å². The fourth-order valence-electron chi connectivity index (χ4n) is 1.04. The summed E-state index contributed by atoms with van der Waals surface area (Å²) in [5, 5.41) is 0.958. The highest BCUT2D eigenvalue weighted by Crippen LogP contribution is 2.15. The van der Waals surface area contributed by atoms with Crippen LogP contribution in [0.15, 0.2) is 31.2 Å². The molecule has 0 spiro atoms. The zero-order valence-electron chi connectivity index (χ0n) is 10.8. The Morgan fingerprint density at radius 1 is 1.50 bits per heavy atom. The van der Waals surface area contributed by atoms with Crippen molar-refractivity contribution in [1.82, 2.24) is 9.97 Å². The standard InChI is InChI=1S/C12H17N3O3/c1-5-8-17-15(10-9-13-6-7-14-10)11(16)18-12(2,3)4/h5-7,9H,1,8H2,2-4H3. The highest BCUT2D eigenvalue weighted by Gasteiger charge is 2.25. The minimum atomic E-state index is -0.648. The molecular formula is C12H17N3O3. The Bertz CT molecular complexity index is 401. The van der Waals surface area contributed by atoms with Crippen LogP contribution in [-0.4, -0.2) is 28.3 Å². The maximum absolute atomic E-state index is 11.9. The van der Waals surface area contributed by atoms with Gasteiger partial charge >= 0.3 is 6.09 Å². The smallest absolute Gasteiger partial charge is 0.440 e. The summed E-state index contributed by atoms with van der Waals surface area (Å²) in [4.78, 5) is 25.0. The predicted octanol–water partition coefficient (Wildman–Crippen LogP) is 2.34. The Hall–Kier alpha value is -1.95. The van der Waals surface area contributed by atoms with Crippen LogP contribution in [0.5, 0.6) is 0 Å². The summed E-state index contributed by atoms with van der Waals surface area (Å²) in [7, 11) is 0. The average Bonchev–Trinajstić information content (AvgIpc) is 2.28. The number of aromatic nitrogens is 2. The monoisotopic (exact) mass is 251 g/mol. The van der Waals surface area contributed by atoms with Crippen LogP contribution in [0, 0.1) is 0 Å². The lowest BCUT2D eigenvalue weighted by Gasteiger charge is -2.25. The van der Waals surface area contributed by atoms with Gasteiger partial charge in [-0.05, 0) is 20.8 Å². The number of ether oxygens (including phenoxy) is 1. The number of rotatable bonds is 4. The zero-order valence-corrected chi connectivity index (χ0v) is 10.8. The molecule has 0 saturated heterocycles. The molecule has 1 heterocycles. The molecular weight excluding hydrogens is 234 g/mol. The van der Waals surface area contributed by atoms with Crippen LogP contribution in [0.3, 0.4) is 0 Å². The summed E-state index contributed by atoms with van der Waals surface area (Å²) in [6.45, 7) is 9.00. The third-order valence-corrected chi connectivity index (χ3v) is 1.64. The first-order chi connectivity index (χ1) is 8.44. The quantitative estimate of drug-likeness (QED) is 0.607. The summed E-state index contributed by atoms with van der Waals surface area (Å²) in [5.41, 5.74) is -0.616. The van der Waals surface area contributed by atoms with Crippen LogP contribution >= 0.6 is 0 Å². The van der Waals surface area contributed by atoms with Gasteiger partial charge in [0.15, 0.2) is 5.82 Å². The first-order valence-corrected chi connectivity index (χ1v) is 5.47. The van der Waals surface area contributed by atoms with E-state index in [0.29, 0.717) is 0 Å². The minimum Gasteiger partial charge on any atom is -0.442 e. The maximum atomic E-state index is 11.9. The third-order valence-electron chi connectivity index (χ3n) is 1.64. The van der Waals surface area contributed by atoms with Crippen LogP contribution in [-0.2, 0) is 9.57 Å². The second-order valence-electron chi connectivity index (χ2n) is 4.42. The molecule has 0 fully saturated rings. The van der Waals surface area contributed by atoms with Gasteiger partial charge in [0.2, 0.25) is 0 Å². The molecule has 0 unspecified atom stereocenters. The van der Waals surface area contributed by atoms with Crippen molar-refractivity contribution in [2.75, 3.05) is 11.7 Å². The van der Waals surface area contributed by atoms with Crippen molar-refractivity contribution in [1.29, 1.82) is 0 Å². The van der Waals surface area contributed by atoms with Crippen LogP contribution < -0.4 is 5.06 Å². The number of carbonyl (C=O) groups excluding carboxylic acids is 1. The predicted molar refractivity (Wildman–Crippen MR) is 66.9 cm³/mol. The Morgan fingerprint density at radius 2 is 2.22 bits per heavy atom. The van der Waals surface area contributed by atoms with E-state index in [1.807, 2.05) is 0 Å². The molecule has 0 radical (unpaired) electrons. The topological polar surface area (TPSA) is 64.5 Å². The number of nitrogens with zero attached hydrogens (tertiary/aromatic N) is 3. The van der Waals surface area contributed by atoms with Gasteiger partial charge in [0, 0.05) is 12.4 Å². The molecule has 1 aromatic heterocycles. The zero-order chi connectivity index (χ0) is 13.6. The molecule has 0 bridgehead atoms. The van der Waals surface area contributed by atoms with Crippen LogP contribution in [0.1, 0.15) is 20.8 Å². The van der Waals surface area contributed by atoms with Crippen LogP contribution in [0.4, 0.5) is 10.6 Å². The molecule has 0 aromatic carbocycles. The van der Waals surface area contributed by atoms with Crippen molar-refractivity contribution in [3.05, 3.63) is 31.2 Å². The highest BCUT2D eigenvalue weighted by atomic mass is 16.7. The molecule has 0 aliphatic carbocycles. The van der Waals surface area contributed by atoms with E-state index in [2.05, 4.69) is 16.5 Å². The summed E-state index contributed by atoms with van der Waals surface area (Å²) >= 11 is 0. The molecule has 0 saturated carbocycles. The van der Waals surface area contributed by atoms with Crippen LogP contribution in [0.2, 0.25) is 0 Å². The van der Waals surface area contributed by atoms with Gasteiger partial charge in [0.1, 0.15) is 5.60 Å². The number of carbonyl (C=O) groups is 1. The molecule has 1 amide bonds. The van der Waals surface area contributed by atoms with Gasteiger partial charge < -0.3 is 4.74 Å². The largest absolute Gasteiger partial charge is 0.442 e. The van der Waals surface area contributed by atoms with E-state index >= 15 is 0 Å². The SMILES string of the molecule is C=CCON(C(=O)OC(C)(C)C)c1cnccn1. The molecule has 0 N–H and O–H groups in total. The first-order valence-electron chi connectivity index (χ1n) is 5.47. The highest BCUT2D eigenvalue weighted by molar-refractivity contribution is 5.84. The fourth-order valence-corrected chi connectivity index (χ4v) is 1.04. The number of amides is 1. The number of hydroxylamine groups is 1. The van der Waals surface area contributed by atoms with Crippen LogP contribution in [0.25, 0.3) is 0 Å². The van der Waals surface area contributed by atoms with E-state index in [1.54, 1.807) is 20.8 Å². The first kappa shape index (κ1) is 14.1. The van der Waals surface area contributed by atoms with Gasteiger partial charge in [-0.15, -0.1) is 11.6 Å². The van der Waals surface area contributed by atoms with Crippen molar-refractivity contribution in [2.45, 2.75) is 26.4 Å². The van der Waals surface area contributed by atoms with Crippen molar-refractivity contribution < 1.29 is 14.4 Å². The lowest BCUT2D eigenvalue weighted by atomic mass is 10.2. The number of hydrogen-bond donors (Lipinski definition) is 0. The van der Waals surface area contributed by atoms with Gasteiger partial charge in [-0.2, -0.15) is 0 Å². The normalized spacial score (nSPS) is 10.8. The Balaban J connectivity index is 2.85.